The fourth-order valence-corrected chi connectivity index (χ4v) is 4.07. The molecule has 5 heteroatoms. The predicted molar refractivity (Wildman–Crippen MR) is 92.5 cm³/mol. The lowest BCUT2D eigenvalue weighted by molar-refractivity contribution is -0.162. The summed E-state index contributed by atoms with van der Waals surface area (Å²) in [5.41, 5.74) is 6.41. The van der Waals surface area contributed by atoms with E-state index in [1.54, 1.807) is 0 Å². The van der Waals surface area contributed by atoms with Gasteiger partial charge in [-0.3, -0.25) is 0 Å². The Kier molecular flexibility index (Phi) is 5.56. The van der Waals surface area contributed by atoms with Crippen LogP contribution in [0.1, 0.15) is 58.3 Å². The maximum atomic E-state index is 6.08. The Labute approximate surface area is 139 Å². The number of ether oxygens (including phenoxy) is 1. The van der Waals surface area contributed by atoms with E-state index in [1.165, 1.54) is 44.9 Å². The van der Waals surface area contributed by atoms with Gasteiger partial charge >= 0.3 is 0 Å². The number of aliphatic imine (C=N–C) groups is 1. The summed E-state index contributed by atoms with van der Waals surface area (Å²) >= 11 is 0. The molecule has 0 heterocycles. The van der Waals surface area contributed by atoms with Gasteiger partial charge < -0.3 is 15.8 Å². The number of guanidine groups is 1. The second-order valence-electron chi connectivity index (χ2n) is 6.42. The molecule has 0 saturated heterocycles. The summed E-state index contributed by atoms with van der Waals surface area (Å²) < 4.78 is 5.85. The molecule has 0 aromatic carbocycles. The first-order chi connectivity index (χ1) is 9.24. The van der Waals surface area contributed by atoms with Gasteiger partial charge in [0.25, 0.3) is 0 Å². The van der Waals surface area contributed by atoms with Crippen LogP contribution in [0.5, 0.6) is 0 Å². The lowest BCUT2D eigenvalue weighted by atomic mass is 9.51. The maximum absolute atomic E-state index is 6.08. The van der Waals surface area contributed by atoms with Crippen molar-refractivity contribution in [2.45, 2.75) is 76.5 Å². The number of hydrogen-bond acceptors (Lipinski definition) is 2. The van der Waals surface area contributed by atoms with Gasteiger partial charge in [0.1, 0.15) is 0 Å². The summed E-state index contributed by atoms with van der Waals surface area (Å²) in [5, 5.41) is 3.40. The van der Waals surface area contributed by atoms with Crippen LogP contribution in [0.3, 0.4) is 0 Å². The van der Waals surface area contributed by atoms with E-state index in [0.717, 1.165) is 13.0 Å². The third-order valence-electron chi connectivity index (χ3n) is 5.40. The quantitative estimate of drug-likeness (QED) is 0.439. The minimum Gasteiger partial charge on any atom is -0.378 e. The Morgan fingerprint density at radius 3 is 2.55 bits per heavy atom. The number of nitrogens with two attached hydrogens (primary N) is 1. The molecule has 0 amide bonds. The normalized spacial score (nSPS) is 32.4. The molecule has 0 bridgehead atoms. The van der Waals surface area contributed by atoms with Gasteiger partial charge in [0.15, 0.2) is 5.96 Å². The number of nitrogens with one attached hydrogen (secondary N) is 1. The molecular weight excluding hydrogens is 365 g/mol. The van der Waals surface area contributed by atoms with Crippen molar-refractivity contribution in [1.82, 2.24) is 5.32 Å². The van der Waals surface area contributed by atoms with Crippen LogP contribution in [0.2, 0.25) is 0 Å². The number of nitrogens with zero attached hydrogens (tertiary/aromatic N) is 1. The lowest BCUT2D eigenvalue weighted by Crippen LogP contribution is -2.62. The van der Waals surface area contributed by atoms with Crippen molar-refractivity contribution in [1.29, 1.82) is 0 Å². The SMILES string of the molecule is CCOC1CC(N=C(N)NC2CCCC2)C12CCC2.I. The van der Waals surface area contributed by atoms with Crippen molar-refractivity contribution < 1.29 is 4.74 Å². The van der Waals surface area contributed by atoms with Crippen LogP contribution in [0.15, 0.2) is 4.99 Å². The average Bonchev–Trinajstić information content (AvgIpc) is 2.78. The Morgan fingerprint density at radius 2 is 2.00 bits per heavy atom. The van der Waals surface area contributed by atoms with E-state index in [0.29, 0.717) is 29.6 Å². The summed E-state index contributed by atoms with van der Waals surface area (Å²) in [6.45, 7) is 2.90. The first kappa shape index (κ1) is 16.3. The molecule has 3 N–H and O–H groups in total. The Morgan fingerprint density at radius 1 is 1.30 bits per heavy atom. The molecule has 1 spiro atoms. The average molecular weight is 393 g/mol. The summed E-state index contributed by atoms with van der Waals surface area (Å²) in [5.74, 6) is 0.665. The van der Waals surface area contributed by atoms with E-state index in [1.807, 2.05) is 0 Å². The zero-order valence-electron chi connectivity index (χ0n) is 12.4. The van der Waals surface area contributed by atoms with Crippen molar-refractivity contribution in [2.75, 3.05) is 6.61 Å². The van der Waals surface area contributed by atoms with Gasteiger partial charge in [0.2, 0.25) is 0 Å². The zero-order valence-corrected chi connectivity index (χ0v) is 14.8. The van der Waals surface area contributed by atoms with Gasteiger partial charge in [-0.1, -0.05) is 19.3 Å². The van der Waals surface area contributed by atoms with Crippen LogP contribution in [0, 0.1) is 5.41 Å². The molecule has 3 rings (SSSR count). The smallest absolute Gasteiger partial charge is 0.189 e. The Bertz CT molecular complexity index is 351. The highest BCUT2D eigenvalue weighted by molar-refractivity contribution is 14.0. The van der Waals surface area contributed by atoms with Crippen molar-refractivity contribution in [3.63, 3.8) is 0 Å². The summed E-state index contributed by atoms with van der Waals surface area (Å²) in [4.78, 5) is 4.76. The van der Waals surface area contributed by atoms with Crippen LogP contribution < -0.4 is 11.1 Å². The Hall–Kier alpha value is -0.0400. The second-order valence-corrected chi connectivity index (χ2v) is 6.42. The fraction of sp³-hybridized carbons (Fsp3) is 0.933. The predicted octanol–water partition coefficient (Wildman–Crippen LogP) is 2.80. The van der Waals surface area contributed by atoms with E-state index in [4.69, 9.17) is 15.5 Å². The molecule has 0 radical (unpaired) electrons. The van der Waals surface area contributed by atoms with E-state index in [-0.39, 0.29) is 24.0 Å². The molecule has 0 aliphatic heterocycles. The highest BCUT2D eigenvalue weighted by atomic mass is 127. The number of rotatable bonds is 4. The molecule has 4 nitrogen and oxygen atoms in total. The number of hydrogen-bond donors (Lipinski definition) is 2. The van der Waals surface area contributed by atoms with Gasteiger partial charge in [-0.05, 0) is 39.0 Å². The molecular formula is C15H28IN3O. The third kappa shape index (κ3) is 2.93. The van der Waals surface area contributed by atoms with Gasteiger partial charge in [0, 0.05) is 18.1 Å². The first-order valence-electron chi connectivity index (χ1n) is 7.96. The van der Waals surface area contributed by atoms with Gasteiger partial charge in [-0.25, -0.2) is 4.99 Å². The van der Waals surface area contributed by atoms with Crippen molar-refractivity contribution in [3.8, 4) is 0 Å². The molecule has 116 valence electrons. The third-order valence-corrected chi connectivity index (χ3v) is 5.40. The second kappa shape index (κ2) is 6.81. The zero-order chi connectivity index (χ0) is 13.3. The van der Waals surface area contributed by atoms with Crippen molar-refractivity contribution >= 4 is 29.9 Å². The van der Waals surface area contributed by atoms with E-state index < -0.39 is 0 Å². The molecule has 2 atom stereocenters. The van der Waals surface area contributed by atoms with Crippen LogP contribution in [-0.2, 0) is 4.74 Å². The highest BCUT2D eigenvalue weighted by Gasteiger charge is 2.59. The van der Waals surface area contributed by atoms with E-state index in [2.05, 4.69) is 12.2 Å². The van der Waals surface area contributed by atoms with E-state index >= 15 is 0 Å². The lowest BCUT2D eigenvalue weighted by Gasteiger charge is -2.59. The standard InChI is InChI=1S/C15H27N3O.HI/c1-2-19-13-10-12(15(13)8-5-9-15)18-14(16)17-11-6-3-4-7-11;/h11-13H,2-10H2,1H3,(H3,16,17,18);1H. The first-order valence-corrected chi connectivity index (χ1v) is 7.96. The van der Waals surface area contributed by atoms with Gasteiger partial charge in [-0.15, -0.1) is 24.0 Å². The highest BCUT2D eigenvalue weighted by Crippen LogP contribution is 2.58. The largest absolute Gasteiger partial charge is 0.378 e. The molecule has 3 fully saturated rings. The van der Waals surface area contributed by atoms with Crippen LogP contribution in [0.25, 0.3) is 0 Å². The monoisotopic (exact) mass is 393 g/mol. The van der Waals surface area contributed by atoms with E-state index in [9.17, 15) is 0 Å². The fourth-order valence-electron chi connectivity index (χ4n) is 4.07. The van der Waals surface area contributed by atoms with Gasteiger partial charge in [-0.2, -0.15) is 0 Å². The minimum absolute atomic E-state index is 0. The maximum Gasteiger partial charge on any atom is 0.189 e. The summed E-state index contributed by atoms with van der Waals surface area (Å²) in [6, 6.07) is 0.954. The Balaban J connectivity index is 0.00000147. The van der Waals surface area contributed by atoms with Crippen molar-refractivity contribution in [2.24, 2.45) is 16.1 Å². The summed E-state index contributed by atoms with van der Waals surface area (Å²) in [6.07, 6.45) is 10.5. The minimum atomic E-state index is 0. The molecule has 0 aromatic rings. The molecule has 3 saturated carbocycles. The topological polar surface area (TPSA) is 59.6 Å². The number of halogens is 1. The van der Waals surface area contributed by atoms with Crippen LogP contribution >= 0.6 is 24.0 Å². The summed E-state index contributed by atoms with van der Waals surface area (Å²) in [7, 11) is 0. The molecule has 2 unspecified atom stereocenters. The van der Waals surface area contributed by atoms with Gasteiger partial charge in [0.05, 0.1) is 12.1 Å². The molecule has 0 aromatic heterocycles. The molecule has 20 heavy (non-hydrogen) atoms. The van der Waals surface area contributed by atoms with Crippen molar-refractivity contribution in [3.05, 3.63) is 0 Å². The molecule has 3 aliphatic rings. The molecule has 3 aliphatic carbocycles. The van der Waals surface area contributed by atoms with Crippen LogP contribution in [0.4, 0.5) is 0 Å². The van der Waals surface area contributed by atoms with Crippen LogP contribution in [-0.4, -0.2) is 30.8 Å².